The van der Waals surface area contributed by atoms with Crippen molar-refractivity contribution in [2.45, 2.75) is 51.2 Å². The van der Waals surface area contributed by atoms with Gasteiger partial charge in [-0.3, -0.25) is 9.69 Å². The van der Waals surface area contributed by atoms with Crippen molar-refractivity contribution >= 4 is 11.9 Å². The van der Waals surface area contributed by atoms with Crippen molar-refractivity contribution < 1.29 is 19.1 Å². The van der Waals surface area contributed by atoms with E-state index >= 15 is 0 Å². The maximum absolute atomic E-state index is 12.0. The number of likely N-dealkylation sites (tertiary alicyclic amines) is 1. The molecular weight excluding hydrogens is 356 g/mol. The lowest BCUT2D eigenvalue weighted by molar-refractivity contribution is -0.122. The van der Waals surface area contributed by atoms with Crippen molar-refractivity contribution in [2.24, 2.45) is 5.92 Å². The number of methoxy groups -OCH3 is 1. The number of nitrogens with zero attached hydrogens (tertiary/aromatic N) is 1. The highest BCUT2D eigenvalue weighted by Crippen LogP contribution is 2.23. The number of nitrogens with one attached hydrogen (secondary N) is 1. The lowest BCUT2D eigenvalue weighted by Gasteiger charge is -2.32. The van der Waals surface area contributed by atoms with E-state index in [0.29, 0.717) is 24.4 Å². The van der Waals surface area contributed by atoms with Crippen molar-refractivity contribution in [1.29, 1.82) is 0 Å². The molecule has 0 aromatic heterocycles. The van der Waals surface area contributed by atoms with Crippen LogP contribution in [0.3, 0.4) is 0 Å². The first kappa shape index (κ1) is 20.8. The van der Waals surface area contributed by atoms with E-state index in [4.69, 9.17) is 9.47 Å². The predicted octanol–water partition coefficient (Wildman–Crippen LogP) is 2.76. The molecule has 1 amide bonds. The zero-order chi connectivity index (χ0) is 19.8. The quantitative estimate of drug-likeness (QED) is 0.694. The maximum Gasteiger partial charge on any atom is 0.337 e. The first-order chi connectivity index (χ1) is 13.6. The van der Waals surface area contributed by atoms with Crippen LogP contribution in [0.5, 0.6) is 0 Å². The molecule has 1 atom stereocenters. The second kappa shape index (κ2) is 10.6. The summed E-state index contributed by atoms with van der Waals surface area (Å²) in [4.78, 5) is 26.0. The van der Waals surface area contributed by atoms with Gasteiger partial charge in [-0.05, 0) is 68.8 Å². The third-order valence-electron chi connectivity index (χ3n) is 5.82. The maximum atomic E-state index is 12.0. The van der Waals surface area contributed by atoms with Gasteiger partial charge < -0.3 is 14.8 Å². The zero-order valence-electron chi connectivity index (χ0n) is 16.8. The van der Waals surface area contributed by atoms with Crippen molar-refractivity contribution in [1.82, 2.24) is 10.2 Å². The zero-order valence-corrected chi connectivity index (χ0v) is 16.8. The van der Waals surface area contributed by atoms with E-state index in [-0.39, 0.29) is 18.0 Å². The molecule has 0 spiro atoms. The van der Waals surface area contributed by atoms with Crippen molar-refractivity contribution in [2.75, 3.05) is 33.4 Å². The van der Waals surface area contributed by atoms with Crippen LogP contribution in [0.15, 0.2) is 24.3 Å². The molecule has 6 nitrogen and oxygen atoms in total. The van der Waals surface area contributed by atoms with Crippen LogP contribution in [-0.4, -0.2) is 56.2 Å². The summed E-state index contributed by atoms with van der Waals surface area (Å²) in [6.45, 7) is 4.50. The molecule has 3 rings (SSSR count). The topological polar surface area (TPSA) is 67.9 Å². The molecule has 2 fully saturated rings. The van der Waals surface area contributed by atoms with Gasteiger partial charge >= 0.3 is 5.97 Å². The summed E-state index contributed by atoms with van der Waals surface area (Å²) in [5.41, 5.74) is 1.79. The van der Waals surface area contributed by atoms with Gasteiger partial charge in [-0.2, -0.15) is 0 Å². The summed E-state index contributed by atoms with van der Waals surface area (Å²) in [5.74, 6) is 0.488. The molecule has 0 bridgehead atoms. The number of carbonyl (C=O) groups excluding carboxylic acids is 2. The van der Waals surface area contributed by atoms with Gasteiger partial charge in [-0.1, -0.05) is 12.1 Å². The molecule has 0 saturated carbocycles. The number of carbonyl (C=O) groups is 2. The number of ether oxygens (including phenoxy) is 2. The fourth-order valence-electron chi connectivity index (χ4n) is 4.01. The highest BCUT2D eigenvalue weighted by molar-refractivity contribution is 5.89. The Hall–Kier alpha value is -1.92. The van der Waals surface area contributed by atoms with E-state index < -0.39 is 0 Å². The van der Waals surface area contributed by atoms with Gasteiger partial charge in [-0.25, -0.2) is 4.79 Å². The molecule has 0 unspecified atom stereocenters. The predicted molar refractivity (Wildman–Crippen MR) is 107 cm³/mol. The number of benzene rings is 1. The fraction of sp³-hybridized carbons (Fsp3) is 0.636. The third kappa shape index (κ3) is 6.31. The molecule has 0 aliphatic carbocycles. The van der Waals surface area contributed by atoms with Crippen LogP contribution in [0.2, 0.25) is 0 Å². The summed E-state index contributed by atoms with van der Waals surface area (Å²) in [5, 5.41) is 3.02. The fourth-order valence-corrected chi connectivity index (χ4v) is 4.01. The Morgan fingerprint density at radius 1 is 1.18 bits per heavy atom. The van der Waals surface area contributed by atoms with E-state index in [1.807, 2.05) is 24.3 Å². The molecule has 1 aromatic carbocycles. The second-order valence-electron chi connectivity index (χ2n) is 7.89. The van der Waals surface area contributed by atoms with E-state index in [2.05, 4.69) is 10.2 Å². The van der Waals surface area contributed by atoms with Crippen molar-refractivity contribution in [3.63, 3.8) is 0 Å². The standard InChI is InChI=1S/C22H32N2O4/c1-27-22(26)19-7-4-18(5-8-19)16-24-12-10-17(11-13-24)6-9-21(25)23-15-20-3-2-14-28-20/h4-5,7-8,17,20H,2-3,6,9-16H2,1H3,(H,23,25)/t20-/m0/s1. The molecule has 1 aromatic rings. The number of piperidine rings is 1. The minimum absolute atomic E-state index is 0.156. The van der Waals surface area contributed by atoms with Crippen LogP contribution in [0.25, 0.3) is 0 Å². The van der Waals surface area contributed by atoms with Crippen LogP contribution < -0.4 is 5.32 Å². The minimum Gasteiger partial charge on any atom is -0.465 e. The van der Waals surface area contributed by atoms with Gasteiger partial charge in [-0.15, -0.1) is 0 Å². The highest BCUT2D eigenvalue weighted by Gasteiger charge is 2.21. The smallest absolute Gasteiger partial charge is 0.337 e. The Morgan fingerprint density at radius 3 is 2.57 bits per heavy atom. The van der Waals surface area contributed by atoms with E-state index in [9.17, 15) is 9.59 Å². The van der Waals surface area contributed by atoms with E-state index in [1.54, 1.807) is 0 Å². The van der Waals surface area contributed by atoms with Crippen LogP contribution >= 0.6 is 0 Å². The number of hydrogen-bond acceptors (Lipinski definition) is 5. The monoisotopic (exact) mass is 388 g/mol. The summed E-state index contributed by atoms with van der Waals surface area (Å²) in [7, 11) is 1.40. The Balaban J connectivity index is 1.31. The largest absolute Gasteiger partial charge is 0.465 e. The first-order valence-corrected chi connectivity index (χ1v) is 10.4. The molecule has 2 saturated heterocycles. The van der Waals surface area contributed by atoms with E-state index in [0.717, 1.165) is 58.3 Å². The summed E-state index contributed by atoms with van der Waals surface area (Å²) in [6.07, 6.45) is 6.25. The lowest BCUT2D eigenvalue weighted by atomic mass is 9.92. The van der Waals surface area contributed by atoms with Crippen molar-refractivity contribution in [3.8, 4) is 0 Å². The summed E-state index contributed by atoms with van der Waals surface area (Å²) in [6, 6.07) is 7.64. The van der Waals surface area contributed by atoms with Gasteiger partial charge in [0.1, 0.15) is 0 Å². The molecule has 0 radical (unpaired) electrons. The molecule has 2 aliphatic heterocycles. The van der Waals surface area contributed by atoms with Gasteiger partial charge in [0.25, 0.3) is 0 Å². The SMILES string of the molecule is COC(=O)c1ccc(CN2CCC(CCC(=O)NC[C@@H]3CCCO3)CC2)cc1. The molecule has 2 heterocycles. The minimum atomic E-state index is -0.299. The molecule has 2 aliphatic rings. The van der Waals surface area contributed by atoms with Crippen LogP contribution in [0.4, 0.5) is 0 Å². The Labute approximate surface area is 167 Å². The van der Waals surface area contributed by atoms with Crippen molar-refractivity contribution in [3.05, 3.63) is 35.4 Å². The highest BCUT2D eigenvalue weighted by atomic mass is 16.5. The molecule has 6 heteroatoms. The number of esters is 1. The van der Waals surface area contributed by atoms with Gasteiger partial charge in [0.2, 0.25) is 5.91 Å². The average molecular weight is 389 g/mol. The average Bonchev–Trinajstić information content (AvgIpc) is 3.25. The van der Waals surface area contributed by atoms with Crippen LogP contribution in [0, 0.1) is 5.92 Å². The lowest BCUT2D eigenvalue weighted by Crippen LogP contribution is -2.34. The molecule has 28 heavy (non-hydrogen) atoms. The summed E-state index contributed by atoms with van der Waals surface area (Å²) < 4.78 is 10.3. The van der Waals surface area contributed by atoms with E-state index in [1.165, 1.54) is 12.7 Å². The van der Waals surface area contributed by atoms with Gasteiger partial charge in [0.05, 0.1) is 18.8 Å². The molecule has 154 valence electrons. The Kier molecular flexibility index (Phi) is 7.86. The number of amides is 1. The second-order valence-corrected chi connectivity index (χ2v) is 7.89. The summed E-state index contributed by atoms with van der Waals surface area (Å²) >= 11 is 0. The Bertz CT molecular complexity index is 632. The number of hydrogen-bond donors (Lipinski definition) is 1. The molecular formula is C22H32N2O4. The van der Waals surface area contributed by atoms with Crippen LogP contribution in [0.1, 0.15) is 54.4 Å². The first-order valence-electron chi connectivity index (χ1n) is 10.4. The Morgan fingerprint density at radius 2 is 1.93 bits per heavy atom. The number of rotatable bonds is 8. The normalized spacial score (nSPS) is 20.8. The third-order valence-corrected chi connectivity index (χ3v) is 5.82. The van der Waals surface area contributed by atoms with Gasteiger partial charge in [0.15, 0.2) is 0 Å². The van der Waals surface area contributed by atoms with Gasteiger partial charge in [0, 0.05) is 26.1 Å². The molecule has 1 N–H and O–H groups in total. The van der Waals surface area contributed by atoms with Crippen LogP contribution in [-0.2, 0) is 20.8 Å².